The number of hydrogen-bond donors (Lipinski definition) is 0. The predicted octanol–water partition coefficient (Wildman–Crippen LogP) is 3.99. The lowest BCUT2D eigenvalue weighted by Gasteiger charge is -2.02. The summed E-state index contributed by atoms with van der Waals surface area (Å²) < 4.78 is 11.0. The van der Waals surface area contributed by atoms with Gasteiger partial charge in [-0.2, -0.15) is 0 Å². The highest BCUT2D eigenvalue weighted by atomic mass is 16.5. The second-order valence-electron chi connectivity index (χ2n) is 4.94. The highest BCUT2D eigenvalue weighted by Crippen LogP contribution is 2.26. The van der Waals surface area contributed by atoms with E-state index in [9.17, 15) is 4.79 Å². The van der Waals surface area contributed by atoms with Crippen LogP contribution in [0.4, 0.5) is 0 Å². The van der Waals surface area contributed by atoms with E-state index >= 15 is 0 Å². The first-order chi connectivity index (χ1) is 10.8. The van der Waals surface area contributed by atoms with Gasteiger partial charge in [-0.1, -0.05) is 19.4 Å². The molecule has 0 fully saturated rings. The number of esters is 1. The maximum Gasteiger partial charge on any atom is 0.311 e. The zero-order valence-electron chi connectivity index (χ0n) is 12.3. The van der Waals surface area contributed by atoms with Crippen molar-refractivity contribution in [2.75, 3.05) is 0 Å². The zero-order valence-corrected chi connectivity index (χ0v) is 12.3. The Hall–Kier alpha value is -2.69. The Bertz CT molecular complexity index is 781. The van der Waals surface area contributed by atoms with Crippen LogP contribution in [0.3, 0.4) is 0 Å². The third-order valence-corrected chi connectivity index (χ3v) is 3.21. The van der Waals surface area contributed by atoms with E-state index in [1.54, 1.807) is 24.4 Å². The highest BCUT2D eigenvalue weighted by Gasteiger charge is 2.11. The normalized spacial score (nSPS) is 10.8. The fourth-order valence-corrected chi connectivity index (χ4v) is 2.07. The van der Waals surface area contributed by atoms with Crippen LogP contribution in [0.2, 0.25) is 0 Å². The Morgan fingerprint density at radius 1 is 1.27 bits per heavy atom. The molecule has 2 aromatic heterocycles. The molecule has 0 aliphatic heterocycles. The van der Waals surface area contributed by atoms with Gasteiger partial charge in [0.05, 0.1) is 0 Å². The maximum atomic E-state index is 11.7. The number of aromatic nitrogens is 2. The van der Waals surface area contributed by atoms with Gasteiger partial charge in [0.2, 0.25) is 5.89 Å². The number of ether oxygens (including phenoxy) is 1. The van der Waals surface area contributed by atoms with E-state index in [0.29, 0.717) is 34.9 Å². The smallest absolute Gasteiger partial charge is 0.311 e. The standard InChI is InChI=1S/C17H16N2O3/c1-2-3-7-16(20)21-12-8-9-13-15(11-12)22-17(19-13)14-6-4-5-10-18-14/h4-6,8-11H,2-3,7H2,1H3. The second-order valence-corrected chi connectivity index (χ2v) is 4.94. The third-order valence-electron chi connectivity index (χ3n) is 3.21. The van der Waals surface area contributed by atoms with Crippen molar-refractivity contribution in [1.29, 1.82) is 0 Å². The second kappa shape index (κ2) is 6.39. The van der Waals surface area contributed by atoms with Gasteiger partial charge in [0.15, 0.2) is 5.58 Å². The Kier molecular flexibility index (Phi) is 4.14. The van der Waals surface area contributed by atoms with Crippen LogP contribution in [0.1, 0.15) is 26.2 Å². The van der Waals surface area contributed by atoms with Crippen LogP contribution in [0, 0.1) is 0 Å². The largest absolute Gasteiger partial charge is 0.435 e. The average Bonchev–Trinajstić information content (AvgIpc) is 2.97. The van der Waals surface area contributed by atoms with Crippen molar-refractivity contribution in [3.05, 3.63) is 42.6 Å². The first-order valence-corrected chi connectivity index (χ1v) is 7.29. The number of carbonyl (C=O) groups is 1. The SMILES string of the molecule is CCCCC(=O)Oc1ccc2nc(-c3ccccn3)oc2c1. The van der Waals surface area contributed by atoms with Crippen LogP contribution in [-0.4, -0.2) is 15.9 Å². The average molecular weight is 296 g/mol. The minimum atomic E-state index is -0.231. The molecule has 112 valence electrons. The Balaban J connectivity index is 1.83. The first kappa shape index (κ1) is 14.3. The number of benzene rings is 1. The van der Waals surface area contributed by atoms with Crippen molar-refractivity contribution < 1.29 is 13.9 Å². The number of nitrogens with zero attached hydrogens (tertiary/aromatic N) is 2. The lowest BCUT2D eigenvalue weighted by Crippen LogP contribution is -2.07. The summed E-state index contributed by atoms with van der Waals surface area (Å²) in [7, 11) is 0. The number of pyridine rings is 1. The van der Waals surface area contributed by atoms with Gasteiger partial charge in [-0.3, -0.25) is 9.78 Å². The molecule has 0 bridgehead atoms. The molecule has 0 saturated heterocycles. The van der Waals surface area contributed by atoms with E-state index in [4.69, 9.17) is 9.15 Å². The summed E-state index contributed by atoms with van der Waals surface area (Å²) in [4.78, 5) is 20.2. The molecule has 1 aromatic carbocycles. The zero-order chi connectivity index (χ0) is 15.4. The van der Waals surface area contributed by atoms with Crippen molar-refractivity contribution in [2.24, 2.45) is 0 Å². The van der Waals surface area contributed by atoms with Gasteiger partial charge in [0, 0.05) is 18.7 Å². The van der Waals surface area contributed by atoms with Gasteiger partial charge in [-0.15, -0.1) is 0 Å². The minimum absolute atomic E-state index is 0.231. The summed E-state index contributed by atoms with van der Waals surface area (Å²) in [5.74, 6) is 0.688. The van der Waals surface area contributed by atoms with E-state index in [-0.39, 0.29) is 5.97 Å². The molecule has 0 N–H and O–H groups in total. The van der Waals surface area contributed by atoms with E-state index in [1.807, 2.05) is 25.1 Å². The maximum absolute atomic E-state index is 11.7. The fraction of sp³-hybridized carbons (Fsp3) is 0.235. The lowest BCUT2D eigenvalue weighted by atomic mass is 10.2. The summed E-state index contributed by atoms with van der Waals surface area (Å²) in [6, 6.07) is 10.7. The molecule has 2 heterocycles. The number of rotatable bonds is 5. The van der Waals surface area contributed by atoms with Gasteiger partial charge >= 0.3 is 5.97 Å². The van der Waals surface area contributed by atoms with Gasteiger partial charge in [-0.05, 0) is 30.7 Å². The quantitative estimate of drug-likeness (QED) is 0.526. The molecule has 0 unspecified atom stereocenters. The van der Waals surface area contributed by atoms with E-state index in [0.717, 1.165) is 12.8 Å². The molecule has 0 spiro atoms. The summed E-state index contributed by atoms with van der Waals surface area (Å²) in [5, 5.41) is 0. The summed E-state index contributed by atoms with van der Waals surface area (Å²) in [6.45, 7) is 2.03. The topological polar surface area (TPSA) is 65.2 Å². The third kappa shape index (κ3) is 3.14. The van der Waals surface area contributed by atoms with E-state index in [2.05, 4.69) is 9.97 Å². The van der Waals surface area contributed by atoms with Gasteiger partial charge in [0.1, 0.15) is 17.0 Å². The first-order valence-electron chi connectivity index (χ1n) is 7.29. The molecule has 5 heteroatoms. The number of oxazole rings is 1. The Labute approximate surface area is 128 Å². The van der Waals surface area contributed by atoms with Crippen LogP contribution in [0.25, 0.3) is 22.7 Å². The summed E-state index contributed by atoms with van der Waals surface area (Å²) in [5.41, 5.74) is 1.94. The molecule has 5 nitrogen and oxygen atoms in total. The predicted molar refractivity (Wildman–Crippen MR) is 82.4 cm³/mol. The van der Waals surface area contributed by atoms with Gasteiger partial charge < -0.3 is 9.15 Å². The van der Waals surface area contributed by atoms with Crippen molar-refractivity contribution in [1.82, 2.24) is 9.97 Å². The molecular formula is C17H16N2O3. The van der Waals surface area contributed by atoms with Gasteiger partial charge in [0.25, 0.3) is 0 Å². The molecule has 3 aromatic rings. The molecule has 0 atom stereocenters. The van der Waals surface area contributed by atoms with Crippen LogP contribution < -0.4 is 4.74 Å². The van der Waals surface area contributed by atoms with Crippen LogP contribution in [0.5, 0.6) is 5.75 Å². The van der Waals surface area contributed by atoms with Crippen LogP contribution in [-0.2, 0) is 4.79 Å². The number of carbonyl (C=O) groups excluding carboxylic acids is 1. The Morgan fingerprint density at radius 3 is 2.95 bits per heavy atom. The molecule has 0 amide bonds. The molecule has 3 rings (SSSR count). The van der Waals surface area contributed by atoms with Crippen molar-refractivity contribution in [2.45, 2.75) is 26.2 Å². The van der Waals surface area contributed by atoms with Crippen LogP contribution >= 0.6 is 0 Å². The van der Waals surface area contributed by atoms with Crippen molar-refractivity contribution in [3.8, 4) is 17.3 Å². The molecule has 0 radical (unpaired) electrons. The number of hydrogen-bond acceptors (Lipinski definition) is 5. The van der Waals surface area contributed by atoms with E-state index in [1.165, 1.54) is 0 Å². The molecule has 0 saturated carbocycles. The summed E-state index contributed by atoms with van der Waals surface area (Å²) in [6.07, 6.45) is 3.89. The van der Waals surface area contributed by atoms with Crippen molar-refractivity contribution in [3.63, 3.8) is 0 Å². The lowest BCUT2D eigenvalue weighted by molar-refractivity contribution is -0.134. The number of fused-ring (bicyclic) bond motifs is 1. The molecule has 22 heavy (non-hydrogen) atoms. The molecular weight excluding hydrogens is 280 g/mol. The Morgan fingerprint density at radius 2 is 2.18 bits per heavy atom. The monoisotopic (exact) mass is 296 g/mol. The van der Waals surface area contributed by atoms with E-state index < -0.39 is 0 Å². The molecule has 0 aliphatic rings. The fourth-order valence-electron chi connectivity index (χ4n) is 2.07. The van der Waals surface area contributed by atoms with Crippen molar-refractivity contribution >= 4 is 17.1 Å². The summed E-state index contributed by atoms with van der Waals surface area (Å²) >= 11 is 0. The van der Waals surface area contributed by atoms with Crippen LogP contribution in [0.15, 0.2) is 47.0 Å². The highest BCUT2D eigenvalue weighted by molar-refractivity contribution is 5.79. The minimum Gasteiger partial charge on any atom is -0.435 e. The molecule has 0 aliphatic carbocycles. The van der Waals surface area contributed by atoms with Gasteiger partial charge in [-0.25, -0.2) is 4.98 Å². The number of unbranched alkanes of at least 4 members (excludes halogenated alkanes) is 1.